The highest BCUT2D eigenvalue weighted by Crippen LogP contribution is 2.43. The van der Waals surface area contributed by atoms with Crippen molar-refractivity contribution >= 4 is 28.3 Å². The number of thiophene rings is 1. The van der Waals surface area contributed by atoms with Crippen molar-refractivity contribution in [1.82, 2.24) is 20.0 Å². The quantitative estimate of drug-likeness (QED) is 0.690. The van der Waals surface area contributed by atoms with Gasteiger partial charge < -0.3 is 16.0 Å². The van der Waals surface area contributed by atoms with Crippen molar-refractivity contribution in [2.24, 2.45) is 11.8 Å². The molecule has 9 heteroatoms. The Kier molecular flexibility index (Phi) is 7.57. The van der Waals surface area contributed by atoms with Crippen LogP contribution in [0.15, 0.2) is 0 Å². The zero-order chi connectivity index (χ0) is 22.7. The SMILES string of the molecule is CCN(C(=O)NCCN(C)C)C(=O)[C@@H]1CC2Cc3c(sc(N)c3C#N)C[C@H]2N(CC)C1. The lowest BCUT2D eigenvalue weighted by atomic mass is 9.73. The van der Waals surface area contributed by atoms with E-state index in [1.54, 1.807) is 0 Å². The van der Waals surface area contributed by atoms with E-state index < -0.39 is 0 Å². The number of nitrogens with one attached hydrogen (secondary N) is 1. The van der Waals surface area contributed by atoms with Gasteiger partial charge in [0.2, 0.25) is 5.91 Å². The first-order valence-corrected chi connectivity index (χ1v) is 11.9. The molecule has 1 saturated heterocycles. The molecule has 3 atom stereocenters. The molecule has 2 aliphatic rings. The Hall–Kier alpha value is -2.15. The van der Waals surface area contributed by atoms with E-state index in [9.17, 15) is 14.9 Å². The Labute approximate surface area is 189 Å². The predicted octanol–water partition coefficient (Wildman–Crippen LogP) is 1.75. The minimum absolute atomic E-state index is 0.0992. The topological polar surface area (TPSA) is 106 Å². The van der Waals surface area contributed by atoms with Gasteiger partial charge in [0.05, 0.1) is 11.5 Å². The van der Waals surface area contributed by atoms with Crippen LogP contribution < -0.4 is 11.1 Å². The fourth-order valence-corrected chi connectivity index (χ4v) is 6.06. The number of hydrogen-bond acceptors (Lipinski definition) is 7. The maximum atomic E-state index is 13.3. The van der Waals surface area contributed by atoms with Crippen molar-refractivity contribution < 1.29 is 9.59 Å². The summed E-state index contributed by atoms with van der Waals surface area (Å²) < 4.78 is 0. The maximum Gasteiger partial charge on any atom is 0.324 e. The number of fused-ring (bicyclic) bond motifs is 2. The molecule has 1 aliphatic heterocycles. The molecule has 1 aromatic heterocycles. The van der Waals surface area contributed by atoms with E-state index in [1.165, 1.54) is 21.1 Å². The number of carbonyl (C=O) groups excluding carboxylic acids is 2. The number of likely N-dealkylation sites (N-methyl/N-ethyl adjacent to an activating group) is 2. The summed E-state index contributed by atoms with van der Waals surface area (Å²) in [6, 6.07) is 2.31. The zero-order valence-electron chi connectivity index (χ0n) is 19.0. The van der Waals surface area contributed by atoms with Crippen LogP contribution >= 0.6 is 11.3 Å². The van der Waals surface area contributed by atoms with Crippen LogP contribution in [-0.4, -0.2) is 79.5 Å². The van der Waals surface area contributed by atoms with Crippen LogP contribution in [0, 0.1) is 23.2 Å². The fraction of sp³-hybridized carbons (Fsp3) is 0.682. The number of rotatable bonds is 6. The molecule has 3 amide bonds. The molecule has 31 heavy (non-hydrogen) atoms. The van der Waals surface area contributed by atoms with Gasteiger partial charge in [-0.05, 0) is 58.3 Å². The third-order valence-corrected chi connectivity index (χ3v) is 7.65. The summed E-state index contributed by atoms with van der Waals surface area (Å²) in [7, 11) is 3.89. The largest absolute Gasteiger partial charge is 0.389 e. The molecule has 0 bridgehead atoms. The number of urea groups is 1. The van der Waals surface area contributed by atoms with Gasteiger partial charge in [-0.3, -0.25) is 14.6 Å². The Bertz CT molecular complexity index is 861. The van der Waals surface area contributed by atoms with Crippen LogP contribution in [0.5, 0.6) is 0 Å². The van der Waals surface area contributed by atoms with E-state index in [2.05, 4.69) is 23.2 Å². The van der Waals surface area contributed by atoms with Crippen LogP contribution in [0.2, 0.25) is 0 Å². The monoisotopic (exact) mass is 446 g/mol. The number of imide groups is 1. The van der Waals surface area contributed by atoms with E-state index in [1.807, 2.05) is 25.9 Å². The zero-order valence-corrected chi connectivity index (χ0v) is 19.8. The second-order valence-electron chi connectivity index (χ2n) is 8.73. The molecule has 1 unspecified atom stereocenters. The molecule has 3 N–H and O–H groups in total. The van der Waals surface area contributed by atoms with E-state index >= 15 is 0 Å². The van der Waals surface area contributed by atoms with Crippen molar-refractivity contribution in [3.63, 3.8) is 0 Å². The molecule has 0 radical (unpaired) electrons. The molecule has 0 aromatic carbocycles. The summed E-state index contributed by atoms with van der Waals surface area (Å²) in [4.78, 5) is 32.9. The number of anilines is 1. The average molecular weight is 447 g/mol. The van der Waals surface area contributed by atoms with Crippen molar-refractivity contribution in [3.8, 4) is 6.07 Å². The molecule has 1 fully saturated rings. The average Bonchev–Trinajstić information content (AvgIpc) is 3.05. The number of carbonyl (C=O) groups is 2. The molecule has 0 spiro atoms. The lowest BCUT2D eigenvalue weighted by Gasteiger charge is -2.46. The lowest BCUT2D eigenvalue weighted by molar-refractivity contribution is -0.136. The number of hydrogen-bond donors (Lipinski definition) is 2. The molecular formula is C22H34N6O2S. The number of nitrogen functional groups attached to an aromatic ring is 1. The van der Waals surface area contributed by atoms with Gasteiger partial charge in [-0.15, -0.1) is 11.3 Å². The fourth-order valence-electron chi connectivity index (χ4n) is 4.96. The number of nitriles is 1. The van der Waals surface area contributed by atoms with Gasteiger partial charge in [0.25, 0.3) is 0 Å². The smallest absolute Gasteiger partial charge is 0.324 e. The normalized spacial score (nSPS) is 23.0. The van der Waals surface area contributed by atoms with Gasteiger partial charge in [0.1, 0.15) is 11.1 Å². The summed E-state index contributed by atoms with van der Waals surface area (Å²) >= 11 is 1.54. The second kappa shape index (κ2) is 9.98. The molecule has 0 saturated carbocycles. The Balaban J connectivity index is 1.74. The van der Waals surface area contributed by atoms with Gasteiger partial charge in [0.15, 0.2) is 0 Å². The first-order chi connectivity index (χ1) is 14.8. The minimum Gasteiger partial charge on any atom is -0.389 e. The first-order valence-electron chi connectivity index (χ1n) is 11.1. The van der Waals surface area contributed by atoms with E-state index in [4.69, 9.17) is 5.73 Å². The molecular weight excluding hydrogens is 412 g/mol. The van der Waals surface area contributed by atoms with Gasteiger partial charge in [-0.1, -0.05) is 6.92 Å². The van der Waals surface area contributed by atoms with Crippen LogP contribution in [0.3, 0.4) is 0 Å². The van der Waals surface area contributed by atoms with Crippen LogP contribution in [0.1, 0.15) is 36.3 Å². The van der Waals surface area contributed by atoms with Gasteiger partial charge in [-0.2, -0.15) is 5.26 Å². The van der Waals surface area contributed by atoms with E-state index in [-0.39, 0.29) is 23.8 Å². The van der Waals surface area contributed by atoms with Crippen molar-refractivity contribution in [2.45, 2.75) is 39.2 Å². The van der Waals surface area contributed by atoms with Crippen LogP contribution in [-0.2, 0) is 17.6 Å². The predicted molar refractivity (Wildman–Crippen MR) is 123 cm³/mol. The molecule has 170 valence electrons. The third-order valence-electron chi connectivity index (χ3n) is 6.56. The van der Waals surface area contributed by atoms with Crippen molar-refractivity contribution in [3.05, 3.63) is 16.0 Å². The van der Waals surface area contributed by atoms with Crippen LogP contribution in [0.25, 0.3) is 0 Å². The Morgan fingerprint density at radius 1 is 1.32 bits per heavy atom. The summed E-state index contributed by atoms with van der Waals surface area (Å²) in [5.74, 6) is -0.0338. The number of nitrogens with two attached hydrogens (primary N) is 1. The first kappa shape index (κ1) is 23.5. The molecule has 3 rings (SSSR count). The summed E-state index contributed by atoms with van der Waals surface area (Å²) in [5, 5.41) is 13.0. The van der Waals surface area contributed by atoms with Crippen molar-refractivity contribution in [2.75, 3.05) is 52.6 Å². The molecule has 1 aromatic rings. The van der Waals surface area contributed by atoms with Gasteiger partial charge in [-0.25, -0.2) is 4.79 Å². The van der Waals surface area contributed by atoms with Gasteiger partial charge >= 0.3 is 6.03 Å². The third kappa shape index (κ3) is 4.86. The number of nitrogens with zero attached hydrogens (tertiary/aromatic N) is 4. The number of likely N-dealkylation sites (tertiary alicyclic amines) is 1. The standard InChI is InChI=1S/C22H34N6O2S/c1-5-27-13-15(21(29)28(6-2)22(30)25-7-8-26(3)4)9-14-10-16-17(12-23)20(24)31-19(16)11-18(14)27/h14-15,18H,5-11,13,24H2,1-4H3,(H,25,30)/t14?,15-,18-/m1/s1. The summed E-state index contributed by atoms with van der Waals surface area (Å²) in [6.45, 7) is 7.06. The molecule has 1 aliphatic carbocycles. The highest BCUT2D eigenvalue weighted by atomic mass is 32.1. The van der Waals surface area contributed by atoms with Gasteiger partial charge in [0, 0.05) is 37.1 Å². The van der Waals surface area contributed by atoms with E-state index in [0.29, 0.717) is 36.2 Å². The second-order valence-corrected chi connectivity index (χ2v) is 9.87. The highest BCUT2D eigenvalue weighted by molar-refractivity contribution is 7.16. The molecule has 8 nitrogen and oxygen atoms in total. The Morgan fingerprint density at radius 2 is 2.06 bits per heavy atom. The maximum absolute atomic E-state index is 13.3. The van der Waals surface area contributed by atoms with Crippen LogP contribution in [0.4, 0.5) is 9.80 Å². The van der Waals surface area contributed by atoms with E-state index in [0.717, 1.165) is 37.9 Å². The minimum atomic E-state index is -0.317. The molecule has 2 heterocycles. The Morgan fingerprint density at radius 3 is 2.68 bits per heavy atom. The number of piperidine rings is 1. The number of amides is 3. The summed E-state index contributed by atoms with van der Waals surface area (Å²) in [5.41, 5.74) is 7.78. The lowest BCUT2D eigenvalue weighted by Crippen LogP contribution is -2.56. The van der Waals surface area contributed by atoms with Crippen molar-refractivity contribution in [1.29, 1.82) is 5.26 Å². The summed E-state index contributed by atoms with van der Waals surface area (Å²) in [6.07, 6.45) is 2.40. The highest BCUT2D eigenvalue weighted by Gasteiger charge is 2.43.